The Morgan fingerprint density at radius 2 is 1.89 bits per heavy atom. The molecule has 0 spiro atoms. The molecule has 2 aromatic heterocycles. The summed E-state index contributed by atoms with van der Waals surface area (Å²) in [5, 5.41) is 22.3. The van der Waals surface area contributed by atoms with Gasteiger partial charge in [0.15, 0.2) is 0 Å². The summed E-state index contributed by atoms with van der Waals surface area (Å²) in [6, 6.07) is 14.6. The summed E-state index contributed by atoms with van der Waals surface area (Å²) in [5.41, 5.74) is 2.86. The van der Waals surface area contributed by atoms with Crippen LogP contribution in [-0.4, -0.2) is 30.4 Å². The molecule has 3 heterocycles. The van der Waals surface area contributed by atoms with Crippen molar-refractivity contribution >= 4 is 39.2 Å². The summed E-state index contributed by atoms with van der Waals surface area (Å²) >= 11 is 9.94. The lowest BCUT2D eigenvalue weighted by molar-refractivity contribution is 0.567. The molecule has 0 unspecified atom stereocenters. The molecule has 8 nitrogen and oxygen atoms in total. The number of nitrogens with one attached hydrogen (secondary N) is 2. The molecule has 0 saturated carbocycles. The molecule has 1 atom stereocenters. The molecule has 1 aliphatic rings. The average molecular weight is 457 g/mol. The van der Waals surface area contributed by atoms with Crippen molar-refractivity contribution in [1.82, 2.24) is 30.4 Å². The fourth-order valence-electron chi connectivity index (χ4n) is 3.35. The summed E-state index contributed by atoms with van der Waals surface area (Å²) in [6.07, 6.45) is 0. The first-order valence-corrected chi connectivity index (χ1v) is 9.48. The number of hydrogen-bond donors (Lipinski definition) is 2. The normalized spacial score (nSPS) is 14.9. The minimum absolute atomic E-state index is 0.347. The van der Waals surface area contributed by atoms with Crippen molar-refractivity contribution in [3.8, 4) is 11.3 Å². The van der Waals surface area contributed by atoms with Crippen LogP contribution in [0.25, 0.3) is 11.3 Å². The zero-order chi connectivity index (χ0) is 19.3. The number of aromatic amines is 1. The van der Waals surface area contributed by atoms with E-state index in [9.17, 15) is 4.79 Å². The Kier molecular flexibility index (Phi) is 3.99. The number of rotatable bonds is 2. The van der Waals surface area contributed by atoms with Gasteiger partial charge >= 0.3 is 0 Å². The van der Waals surface area contributed by atoms with E-state index in [0.29, 0.717) is 27.9 Å². The third kappa shape index (κ3) is 2.62. The predicted molar refractivity (Wildman–Crippen MR) is 108 cm³/mol. The first-order chi connectivity index (χ1) is 13.6. The third-order valence-corrected chi connectivity index (χ3v) is 5.46. The lowest BCUT2D eigenvalue weighted by Crippen LogP contribution is -2.29. The number of tetrazole rings is 1. The van der Waals surface area contributed by atoms with Gasteiger partial charge in [-0.05, 0) is 28.6 Å². The van der Waals surface area contributed by atoms with Crippen LogP contribution in [0.1, 0.15) is 17.2 Å². The Morgan fingerprint density at radius 1 is 1.11 bits per heavy atom. The number of anilines is 2. The summed E-state index contributed by atoms with van der Waals surface area (Å²) in [4.78, 5) is 12.6. The molecular weight excluding hydrogens is 446 g/mol. The zero-order valence-corrected chi connectivity index (χ0v) is 16.4. The maximum Gasteiger partial charge on any atom is 0.288 e. The van der Waals surface area contributed by atoms with Crippen molar-refractivity contribution in [1.29, 1.82) is 0 Å². The quantitative estimate of drug-likeness (QED) is 0.421. The van der Waals surface area contributed by atoms with E-state index in [1.165, 1.54) is 0 Å². The number of fused-ring (bicyclic) bond motifs is 2. The molecule has 138 valence electrons. The second-order valence-electron chi connectivity index (χ2n) is 6.19. The van der Waals surface area contributed by atoms with Gasteiger partial charge in [-0.15, -0.1) is 0 Å². The van der Waals surface area contributed by atoms with E-state index >= 15 is 0 Å². The Balaban J connectivity index is 1.84. The topological polar surface area (TPSA) is 101 Å². The van der Waals surface area contributed by atoms with Gasteiger partial charge in [-0.1, -0.05) is 63.0 Å². The van der Waals surface area contributed by atoms with E-state index in [-0.39, 0.29) is 5.56 Å². The summed E-state index contributed by atoms with van der Waals surface area (Å²) in [7, 11) is 0. The number of halogens is 2. The molecular formula is C18H11BrClN7O. The molecule has 0 bridgehead atoms. The number of nitrogens with zero attached hydrogens (tertiary/aromatic N) is 5. The van der Waals surface area contributed by atoms with Crippen molar-refractivity contribution in [2.24, 2.45) is 0 Å². The van der Waals surface area contributed by atoms with Gasteiger partial charge in [0.2, 0.25) is 5.95 Å². The van der Waals surface area contributed by atoms with Crippen LogP contribution in [0.15, 0.2) is 57.8 Å². The van der Waals surface area contributed by atoms with Gasteiger partial charge in [0.1, 0.15) is 11.7 Å². The van der Waals surface area contributed by atoms with Crippen LogP contribution in [-0.2, 0) is 0 Å². The lowest BCUT2D eigenvalue weighted by atomic mass is 9.92. The van der Waals surface area contributed by atoms with Crippen LogP contribution in [0, 0.1) is 0 Å². The van der Waals surface area contributed by atoms with E-state index in [1.807, 2.05) is 42.5 Å². The molecule has 28 heavy (non-hydrogen) atoms. The van der Waals surface area contributed by atoms with E-state index in [4.69, 9.17) is 11.6 Å². The number of H-pyrrole nitrogens is 1. The van der Waals surface area contributed by atoms with Crippen molar-refractivity contribution in [2.45, 2.75) is 6.04 Å². The highest BCUT2D eigenvalue weighted by molar-refractivity contribution is 9.10. The number of aromatic nitrogens is 6. The molecule has 2 N–H and O–H groups in total. The smallest absolute Gasteiger partial charge is 0.288 e. The van der Waals surface area contributed by atoms with Gasteiger partial charge in [-0.25, -0.2) is 5.10 Å². The highest BCUT2D eigenvalue weighted by Crippen LogP contribution is 2.42. The van der Waals surface area contributed by atoms with Crippen LogP contribution in [0.2, 0.25) is 5.02 Å². The molecule has 5 rings (SSSR count). The molecule has 0 aliphatic carbocycles. The van der Waals surface area contributed by atoms with Gasteiger partial charge in [0, 0.05) is 26.2 Å². The zero-order valence-electron chi connectivity index (χ0n) is 14.1. The summed E-state index contributed by atoms with van der Waals surface area (Å²) in [6.45, 7) is 0. The van der Waals surface area contributed by atoms with Gasteiger partial charge in [0.05, 0.1) is 5.69 Å². The molecule has 0 saturated heterocycles. The second kappa shape index (κ2) is 6.54. The molecule has 10 heteroatoms. The third-order valence-electron chi connectivity index (χ3n) is 4.59. The maximum atomic E-state index is 12.6. The Morgan fingerprint density at radius 3 is 2.68 bits per heavy atom. The SMILES string of the molecule is O=c1[nH]nc(-c2ccc(Br)cc2)c2c1Nc1nnnn1[C@@H]2c1ccccc1Cl. The van der Waals surface area contributed by atoms with Crippen LogP contribution >= 0.6 is 27.5 Å². The molecule has 0 amide bonds. The van der Waals surface area contributed by atoms with E-state index in [0.717, 1.165) is 15.6 Å². The predicted octanol–water partition coefficient (Wildman–Crippen LogP) is 3.53. The molecule has 0 fully saturated rings. The van der Waals surface area contributed by atoms with E-state index < -0.39 is 6.04 Å². The first-order valence-electron chi connectivity index (χ1n) is 8.31. The largest absolute Gasteiger partial charge is 0.318 e. The monoisotopic (exact) mass is 455 g/mol. The van der Waals surface area contributed by atoms with Crippen LogP contribution in [0.3, 0.4) is 0 Å². The number of hydrogen-bond acceptors (Lipinski definition) is 6. The Hall–Kier alpha value is -3.04. The minimum atomic E-state index is -0.511. The Bertz CT molecular complexity index is 1250. The maximum absolute atomic E-state index is 12.6. The fraction of sp³-hybridized carbons (Fsp3) is 0.0556. The van der Waals surface area contributed by atoms with Crippen molar-refractivity contribution in [2.75, 3.05) is 5.32 Å². The first kappa shape index (κ1) is 17.1. The fourth-order valence-corrected chi connectivity index (χ4v) is 3.85. The summed E-state index contributed by atoms with van der Waals surface area (Å²) in [5.74, 6) is 0.357. The van der Waals surface area contributed by atoms with Gasteiger partial charge in [0.25, 0.3) is 5.56 Å². The average Bonchev–Trinajstić information content (AvgIpc) is 3.17. The van der Waals surface area contributed by atoms with E-state index in [1.54, 1.807) is 10.7 Å². The van der Waals surface area contributed by atoms with E-state index in [2.05, 4.69) is 47.0 Å². The standard InChI is InChI=1S/C18H11BrClN7O/c19-10-7-5-9(6-8-10)14-13-15(17(28)23-22-14)21-18-24-25-26-27(18)16(13)11-3-1-2-4-12(11)20/h1-8,16H,(H,23,28)(H,21,24,26)/t16-/m1/s1. The molecule has 4 aromatic rings. The minimum Gasteiger partial charge on any atom is -0.318 e. The molecule has 0 radical (unpaired) electrons. The molecule has 2 aromatic carbocycles. The highest BCUT2D eigenvalue weighted by Gasteiger charge is 2.35. The van der Waals surface area contributed by atoms with Gasteiger partial charge in [-0.2, -0.15) is 9.78 Å². The van der Waals surface area contributed by atoms with Crippen molar-refractivity contribution < 1.29 is 0 Å². The van der Waals surface area contributed by atoms with Crippen LogP contribution in [0.5, 0.6) is 0 Å². The number of benzene rings is 2. The van der Waals surface area contributed by atoms with Gasteiger partial charge < -0.3 is 5.32 Å². The van der Waals surface area contributed by atoms with Gasteiger partial charge in [-0.3, -0.25) is 4.79 Å². The second-order valence-corrected chi connectivity index (χ2v) is 7.52. The Labute approximate surface area is 171 Å². The van der Waals surface area contributed by atoms with Crippen molar-refractivity contribution in [3.63, 3.8) is 0 Å². The van der Waals surface area contributed by atoms with Crippen LogP contribution < -0.4 is 10.9 Å². The lowest BCUT2D eigenvalue weighted by Gasteiger charge is -2.28. The summed E-state index contributed by atoms with van der Waals surface area (Å²) < 4.78 is 2.55. The highest BCUT2D eigenvalue weighted by atomic mass is 79.9. The molecule has 1 aliphatic heterocycles. The van der Waals surface area contributed by atoms with Crippen LogP contribution in [0.4, 0.5) is 11.6 Å². The van der Waals surface area contributed by atoms with Crippen molar-refractivity contribution in [3.05, 3.63) is 79.5 Å².